The number of fused-ring (bicyclic) bond motifs is 1. The monoisotopic (exact) mass is 314 g/mol. The summed E-state index contributed by atoms with van der Waals surface area (Å²) < 4.78 is 0. The van der Waals surface area contributed by atoms with E-state index in [-0.39, 0.29) is 5.91 Å². The zero-order valence-corrected chi connectivity index (χ0v) is 13.4. The van der Waals surface area contributed by atoms with Crippen molar-refractivity contribution in [3.05, 3.63) is 101 Å². The van der Waals surface area contributed by atoms with E-state index in [1.165, 1.54) is 11.1 Å². The zero-order chi connectivity index (χ0) is 16.4. The number of aromatic nitrogens is 1. The van der Waals surface area contributed by atoms with Crippen LogP contribution < -0.4 is 0 Å². The number of rotatable bonds is 4. The Balaban J connectivity index is 1.53. The van der Waals surface area contributed by atoms with Gasteiger partial charge >= 0.3 is 0 Å². The second-order valence-corrected chi connectivity index (χ2v) is 6.18. The first kappa shape index (κ1) is 14.6. The van der Waals surface area contributed by atoms with Crippen LogP contribution >= 0.6 is 0 Å². The van der Waals surface area contributed by atoms with Crippen molar-refractivity contribution < 1.29 is 4.79 Å². The van der Waals surface area contributed by atoms with Crippen molar-refractivity contribution in [1.29, 1.82) is 0 Å². The Labute approximate surface area is 141 Å². The van der Waals surface area contributed by atoms with E-state index in [1.54, 1.807) is 6.20 Å². The highest BCUT2D eigenvalue weighted by atomic mass is 16.2. The van der Waals surface area contributed by atoms with Crippen LogP contribution in [0.1, 0.15) is 32.6 Å². The zero-order valence-electron chi connectivity index (χ0n) is 13.4. The molecule has 0 N–H and O–H groups in total. The molecule has 0 unspecified atom stereocenters. The lowest BCUT2D eigenvalue weighted by Gasteiger charge is -2.15. The van der Waals surface area contributed by atoms with E-state index in [9.17, 15) is 4.79 Å². The molecule has 4 rings (SSSR count). The Hall–Kier alpha value is -2.94. The first-order valence-electron chi connectivity index (χ1n) is 8.13. The second-order valence-electron chi connectivity index (χ2n) is 6.18. The van der Waals surface area contributed by atoms with Crippen LogP contribution in [0.15, 0.2) is 73.1 Å². The van der Waals surface area contributed by atoms with Gasteiger partial charge in [-0.3, -0.25) is 9.78 Å². The fourth-order valence-corrected chi connectivity index (χ4v) is 3.21. The Kier molecular flexibility index (Phi) is 3.83. The summed E-state index contributed by atoms with van der Waals surface area (Å²) in [6.45, 7) is 1.34. The van der Waals surface area contributed by atoms with Gasteiger partial charge in [0, 0.05) is 31.0 Å². The maximum absolute atomic E-state index is 12.6. The number of hydrogen-bond acceptors (Lipinski definition) is 2. The molecule has 1 aliphatic rings. The van der Waals surface area contributed by atoms with E-state index in [0.717, 1.165) is 23.1 Å². The SMILES string of the molecule is O=C1c2ccc(Cc3cccnc3)cc2CN1Cc1ccccc1. The highest BCUT2D eigenvalue weighted by molar-refractivity contribution is 5.98. The number of benzene rings is 2. The quantitative estimate of drug-likeness (QED) is 0.733. The molecule has 0 bridgehead atoms. The molecule has 0 radical (unpaired) electrons. The molecule has 24 heavy (non-hydrogen) atoms. The van der Waals surface area contributed by atoms with E-state index in [4.69, 9.17) is 0 Å². The molecule has 0 saturated carbocycles. The maximum atomic E-state index is 12.6. The van der Waals surface area contributed by atoms with Crippen molar-refractivity contribution in [1.82, 2.24) is 9.88 Å². The molecule has 0 aliphatic carbocycles. The Morgan fingerprint density at radius 2 is 1.75 bits per heavy atom. The molecule has 0 fully saturated rings. The minimum Gasteiger partial charge on any atom is -0.330 e. The third-order valence-electron chi connectivity index (χ3n) is 4.40. The van der Waals surface area contributed by atoms with Gasteiger partial charge < -0.3 is 4.90 Å². The van der Waals surface area contributed by atoms with Crippen molar-refractivity contribution in [2.75, 3.05) is 0 Å². The molecular weight excluding hydrogens is 296 g/mol. The van der Waals surface area contributed by atoms with E-state index in [0.29, 0.717) is 13.1 Å². The first-order valence-corrected chi connectivity index (χ1v) is 8.13. The van der Waals surface area contributed by atoms with E-state index in [1.807, 2.05) is 41.4 Å². The smallest absolute Gasteiger partial charge is 0.254 e. The molecule has 3 nitrogen and oxygen atoms in total. The van der Waals surface area contributed by atoms with Crippen LogP contribution in [-0.2, 0) is 19.5 Å². The van der Waals surface area contributed by atoms with Gasteiger partial charge in [-0.15, -0.1) is 0 Å². The number of pyridine rings is 1. The standard InChI is InChI=1S/C21H18N2O/c24-21-20-9-8-17(11-18-7-4-10-22-13-18)12-19(20)15-23(21)14-16-5-2-1-3-6-16/h1-10,12-13H,11,14-15H2. The summed E-state index contributed by atoms with van der Waals surface area (Å²) in [7, 11) is 0. The van der Waals surface area contributed by atoms with Crippen molar-refractivity contribution in [2.45, 2.75) is 19.5 Å². The van der Waals surface area contributed by atoms with Crippen LogP contribution in [0.4, 0.5) is 0 Å². The van der Waals surface area contributed by atoms with Crippen LogP contribution in [0, 0.1) is 0 Å². The van der Waals surface area contributed by atoms with E-state index < -0.39 is 0 Å². The van der Waals surface area contributed by atoms with Crippen molar-refractivity contribution in [3.8, 4) is 0 Å². The topological polar surface area (TPSA) is 33.2 Å². The van der Waals surface area contributed by atoms with Gasteiger partial charge in [-0.25, -0.2) is 0 Å². The largest absolute Gasteiger partial charge is 0.330 e. The molecule has 0 atom stereocenters. The van der Waals surface area contributed by atoms with Gasteiger partial charge in [0.25, 0.3) is 5.91 Å². The van der Waals surface area contributed by atoms with Gasteiger partial charge in [0.1, 0.15) is 0 Å². The summed E-state index contributed by atoms with van der Waals surface area (Å²) in [6, 6.07) is 20.3. The van der Waals surface area contributed by atoms with Crippen LogP contribution in [0.5, 0.6) is 0 Å². The van der Waals surface area contributed by atoms with Crippen molar-refractivity contribution >= 4 is 5.91 Å². The summed E-state index contributed by atoms with van der Waals surface area (Å²) in [5, 5.41) is 0. The highest BCUT2D eigenvalue weighted by Gasteiger charge is 2.27. The minimum atomic E-state index is 0.127. The molecule has 3 aromatic rings. The Morgan fingerprint density at radius 3 is 2.54 bits per heavy atom. The molecule has 1 amide bonds. The summed E-state index contributed by atoms with van der Waals surface area (Å²) in [5.74, 6) is 0.127. The summed E-state index contributed by atoms with van der Waals surface area (Å²) in [4.78, 5) is 18.7. The summed E-state index contributed by atoms with van der Waals surface area (Å²) in [5.41, 5.74) is 5.52. The van der Waals surface area contributed by atoms with Crippen LogP contribution in [0.3, 0.4) is 0 Å². The lowest BCUT2D eigenvalue weighted by Crippen LogP contribution is -2.23. The summed E-state index contributed by atoms with van der Waals surface area (Å²) >= 11 is 0. The number of nitrogens with zero attached hydrogens (tertiary/aromatic N) is 2. The molecule has 2 aromatic carbocycles. The van der Waals surface area contributed by atoms with Gasteiger partial charge in [0.15, 0.2) is 0 Å². The molecule has 3 heteroatoms. The molecular formula is C21H18N2O. The van der Waals surface area contributed by atoms with Gasteiger partial charge in [-0.2, -0.15) is 0 Å². The van der Waals surface area contributed by atoms with E-state index in [2.05, 4.69) is 35.3 Å². The van der Waals surface area contributed by atoms with Crippen molar-refractivity contribution in [3.63, 3.8) is 0 Å². The van der Waals surface area contributed by atoms with Crippen LogP contribution in [0.25, 0.3) is 0 Å². The average Bonchev–Trinajstić information content (AvgIpc) is 2.92. The number of carbonyl (C=O) groups is 1. The lowest BCUT2D eigenvalue weighted by atomic mass is 10.0. The number of hydrogen-bond donors (Lipinski definition) is 0. The fourth-order valence-electron chi connectivity index (χ4n) is 3.21. The predicted molar refractivity (Wildman–Crippen MR) is 93.5 cm³/mol. The number of amides is 1. The average molecular weight is 314 g/mol. The molecule has 1 aromatic heterocycles. The van der Waals surface area contributed by atoms with Gasteiger partial charge in [0.05, 0.1) is 0 Å². The molecule has 1 aliphatic heterocycles. The Bertz CT molecular complexity index is 860. The van der Waals surface area contributed by atoms with Gasteiger partial charge in [0.2, 0.25) is 0 Å². The third-order valence-corrected chi connectivity index (χ3v) is 4.40. The summed E-state index contributed by atoms with van der Waals surface area (Å²) in [6.07, 6.45) is 4.51. The lowest BCUT2D eigenvalue weighted by molar-refractivity contribution is 0.0766. The second kappa shape index (κ2) is 6.28. The van der Waals surface area contributed by atoms with Gasteiger partial charge in [-0.1, -0.05) is 48.5 Å². The minimum absolute atomic E-state index is 0.127. The molecule has 0 saturated heterocycles. The fraction of sp³-hybridized carbons (Fsp3) is 0.143. The highest BCUT2D eigenvalue weighted by Crippen LogP contribution is 2.26. The Morgan fingerprint density at radius 1 is 0.917 bits per heavy atom. The van der Waals surface area contributed by atoms with E-state index >= 15 is 0 Å². The third kappa shape index (κ3) is 2.93. The first-order chi connectivity index (χ1) is 11.8. The molecule has 118 valence electrons. The number of carbonyl (C=O) groups excluding carboxylic acids is 1. The van der Waals surface area contributed by atoms with Crippen molar-refractivity contribution in [2.24, 2.45) is 0 Å². The van der Waals surface area contributed by atoms with Crippen LogP contribution in [-0.4, -0.2) is 15.8 Å². The predicted octanol–water partition coefficient (Wildman–Crippen LogP) is 3.83. The van der Waals surface area contributed by atoms with Crippen LogP contribution in [0.2, 0.25) is 0 Å². The molecule has 0 spiro atoms. The van der Waals surface area contributed by atoms with Gasteiger partial charge in [-0.05, 0) is 40.8 Å². The molecule has 2 heterocycles. The maximum Gasteiger partial charge on any atom is 0.254 e. The normalized spacial score (nSPS) is 13.2.